The third kappa shape index (κ3) is 4.20. The zero-order valence-electron chi connectivity index (χ0n) is 14.4. The molecule has 0 bridgehead atoms. The molecule has 1 aromatic heterocycles. The van der Waals surface area contributed by atoms with E-state index in [1.165, 1.54) is 36.0 Å². The van der Waals surface area contributed by atoms with Crippen LogP contribution in [-0.2, 0) is 5.54 Å². The van der Waals surface area contributed by atoms with Crippen LogP contribution in [0.1, 0.15) is 35.8 Å². The molecule has 3 rings (SSSR count). The molecule has 0 radical (unpaired) electrons. The first-order chi connectivity index (χ1) is 12.8. The molecule has 3 N–H and O–H groups in total. The first-order valence-electron chi connectivity index (χ1n) is 8.26. The lowest BCUT2D eigenvalue weighted by atomic mass is 9.84. The first kappa shape index (κ1) is 19.9. The highest BCUT2D eigenvalue weighted by molar-refractivity contribution is 8.13. The molecular weight excluding hydrogens is 410 g/mol. The number of aliphatic imine (C=N–C) groups is 1. The largest absolute Gasteiger partial charge is 0.379 e. The van der Waals surface area contributed by atoms with E-state index in [-0.39, 0.29) is 15.9 Å². The lowest BCUT2D eigenvalue weighted by Crippen LogP contribution is -2.32. The van der Waals surface area contributed by atoms with Crippen LogP contribution in [0.4, 0.5) is 10.1 Å². The van der Waals surface area contributed by atoms with Gasteiger partial charge < -0.3 is 11.1 Å². The molecule has 0 fully saturated rings. The van der Waals surface area contributed by atoms with Crippen LogP contribution in [0.15, 0.2) is 35.3 Å². The topological polar surface area (TPSA) is 80.4 Å². The highest BCUT2D eigenvalue weighted by Crippen LogP contribution is 2.40. The Morgan fingerprint density at radius 3 is 2.85 bits per heavy atom. The van der Waals surface area contributed by atoms with E-state index in [1.807, 2.05) is 6.92 Å². The summed E-state index contributed by atoms with van der Waals surface area (Å²) >= 11 is 13.3. The smallest absolute Gasteiger partial charge is 0.275 e. The summed E-state index contributed by atoms with van der Waals surface area (Å²) in [4.78, 5) is 21.0. The monoisotopic (exact) mass is 426 g/mol. The number of halogens is 3. The first-order valence-corrected chi connectivity index (χ1v) is 10.0. The molecule has 0 saturated carbocycles. The normalized spacial score (nSPS) is 19.5. The second kappa shape index (κ2) is 8.04. The Morgan fingerprint density at radius 1 is 1.37 bits per heavy atom. The summed E-state index contributed by atoms with van der Waals surface area (Å²) in [6, 6.07) is 7.35. The average molecular weight is 427 g/mol. The van der Waals surface area contributed by atoms with E-state index in [0.717, 1.165) is 5.75 Å². The number of pyridine rings is 1. The number of hydrogen-bond donors (Lipinski definition) is 2. The molecule has 2 aromatic rings. The summed E-state index contributed by atoms with van der Waals surface area (Å²) in [5.74, 6) is -0.175. The van der Waals surface area contributed by atoms with Gasteiger partial charge in [0.05, 0.1) is 10.6 Å². The Kier molecular flexibility index (Phi) is 5.93. The van der Waals surface area contributed by atoms with Crippen LogP contribution in [0, 0.1) is 5.82 Å². The zero-order valence-corrected chi connectivity index (χ0v) is 16.8. The Labute approximate surface area is 170 Å². The van der Waals surface area contributed by atoms with Crippen molar-refractivity contribution in [2.45, 2.75) is 25.3 Å². The standard InChI is InChI=1S/C18H17Cl2FN4OS/c1-2-18(7-8-27-17(22)25-18)11-9-10(3-5-13(11)21)23-16(26)15-12(19)4-6-14(20)24-15/h3-6,9H,2,7-8H2,1H3,(H2,22,25)(H,23,26)/t18-/m0/s1. The molecular formula is C18H17Cl2FN4OS. The van der Waals surface area contributed by atoms with Crippen LogP contribution in [0.2, 0.25) is 10.2 Å². The quantitative estimate of drug-likeness (QED) is 0.685. The number of hydrogen-bond acceptors (Lipinski definition) is 5. The SMILES string of the molecule is CC[C@@]1(c2cc(NC(=O)c3nc(Cl)ccc3Cl)ccc2F)CCSC(N)=N1. The summed E-state index contributed by atoms with van der Waals surface area (Å²) in [5.41, 5.74) is 5.95. The third-order valence-corrected chi connectivity index (χ3v) is 5.74. The van der Waals surface area contributed by atoms with Crippen molar-refractivity contribution >= 4 is 51.7 Å². The van der Waals surface area contributed by atoms with Gasteiger partial charge in [-0.15, -0.1) is 0 Å². The summed E-state index contributed by atoms with van der Waals surface area (Å²) in [5, 5.41) is 3.45. The minimum Gasteiger partial charge on any atom is -0.379 e. The van der Waals surface area contributed by atoms with Gasteiger partial charge in [-0.2, -0.15) is 0 Å². The molecule has 142 valence electrons. The highest BCUT2D eigenvalue weighted by Gasteiger charge is 2.35. The number of carbonyl (C=O) groups is 1. The van der Waals surface area contributed by atoms with Gasteiger partial charge in [0.25, 0.3) is 5.91 Å². The molecule has 9 heteroatoms. The molecule has 0 saturated heterocycles. The van der Waals surface area contributed by atoms with E-state index >= 15 is 0 Å². The van der Waals surface area contributed by atoms with Crippen LogP contribution in [0.5, 0.6) is 0 Å². The maximum absolute atomic E-state index is 14.6. The van der Waals surface area contributed by atoms with Crippen molar-refractivity contribution in [1.29, 1.82) is 0 Å². The fraction of sp³-hybridized carbons (Fsp3) is 0.278. The summed E-state index contributed by atoms with van der Waals surface area (Å²) in [7, 11) is 0. The Bertz CT molecular complexity index is 924. The fourth-order valence-corrected chi connectivity index (χ4v) is 4.22. The number of anilines is 1. The van der Waals surface area contributed by atoms with Crippen molar-refractivity contribution in [3.8, 4) is 0 Å². The molecule has 1 aliphatic rings. The molecule has 1 atom stereocenters. The van der Waals surface area contributed by atoms with Gasteiger partial charge in [0.2, 0.25) is 0 Å². The van der Waals surface area contributed by atoms with Crippen LogP contribution >= 0.6 is 35.0 Å². The minimum absolute atomic E-state index is 0.00317. The van der Waals surface area contributed by atoms with Gasteiger partial charge in [-0.25, -0.2) is 9.37 Å². The number of amidine groups is 1. The Balaban J connectivity index is 1.95. The van der Waals surface area contributed by atoms with Gasteiger partial charge >= 0.3 is 0 Å². The number of benzene rings is 1. The maximum Gasteiger partial charge on any atom is 0.275 e. The van der Waals surface area contributed by atoms with Gasteiger partial charge in [0.1, 0.15) is 16.7 Å². The number of aromatic nitrogens is 1. The van der Waals surface area contributed by atoms with Crippen LogP contribution in [-0.4, -0.2) is 21.8 Å². The van der Waals surface area contributed by atoms with Crippen molar-refractivity contribution < 1.29 is 9.18 Å². The summed E-state index contributed by atoms with van der Waals surface area (Å²) in [6.45, 7) is 1.94. The molecule has 0 spiro atoms. The van der Waals surface area contributed by atoms with Crippen LogP contribution in [0.3, 0.4) is 0 Å². The number of nitrogens with one attached hydrogen (secondary N) is 1. The minimum atomic E-state index is -0.744. The van der Waals surface area contributed by atoms with Gasteiger partial charge in [-0.1, -0.05) is 41.9 Å². The van der Waals surface area contributed by atoms with Gasteiger partial charge in [0.15, 0.2) is 5.17 Å². The fourth-order valence-electron chi connectivity index (χ4n) is 2.99. The van der Waals surface area contributed by atoms with E-state index in [2.05, 4.69) is 15.3 Å². The maximum atomic E-state index is 14.6. The van der Waals surface area contributed by atoms with Gasteiger partial charge in [-0.3, -0.25) is 9.79 Å². The third-order valence-electron chi connectivity index (χ3n) is 4.43. The van der Waals surface area contributed by atoms with Crippen LogP contribution in [0.25, 0.3) is 0 Å². The molecule has 5 nitrogen and oxygen atoms in total. The highest BCUT2D eigenvalue weighted by atomic mass is 35.5. The number of thioether (sulfide) groups is 1. The lowest BCUT2D eigenvalue weighted by molar-refractivity contribution is 0.102. The van der Waals surface area contributed by atoms with E-state index in [4.69, 9.17) is 28.9 Å². The zero-order chi connectivity index (χ0) is 19.6. The number of amides is 1. The van der Waals surface area contributed by atoms with Crippen molar-refractivity contribution in [2.24, 2.45) is 10.7 Å². The van der Waals surface area contributed by atoms with E-state index in [9.17, 15) is 9.18 Å². The average Bonchev–Trinajstić information content (AvgIpc) is 2.65. The number of rotatable bonds is 4. The summed E-state index contributed by atoms with van der Waals surface area (Å²) < 4.78 is 14.6. The molecule has 1 amide bonds. The van der Waals surface area contributed by atoms with Crippen molar-refractivity contribution in [1.82, 2.24) is 4.98 Å². The van der Waals surface area contributed by atoms with Crippen LogP contribution < -0.4 is 11.1 Å². The van der Waals surface area contributed by atoms with E-state index in [1.54, 1.807) is 6.07 Å². The van der Waals surface area contributed by atoms with E-state index in [0.29, 0.717) is 29.3 Å². The van der Waals surface area contributed by atoms with Gasteiger partial charge in [0, 0.05) is 17.0 Å². The van der Waals surface area contributed by atoms with E-state index < -0.39 is 17.3 Å². The molecule has 0 unspecified atom stereocenters. The molecule has 27 heavy (non-hydrogen) atoms. The number of nitrogens with zero attached hydrogens (tertiary/aromatic N) is 2. The predicted octanol–water partition coefficient (Wildman–Crippen LogP) is 4.84. The summed E-state index contributed by atoms with van der Waals surface area (Å²) in [6.07, 6.45) is 1.25. The molecule has 1 aliphatic heterocycles. The van der Waals surface area contributed by atoms with Crippen molar-refractivity contribution in [2.75, 3.05) is 11.1 Å². The van der Waals surface area contributed by atoms with Crippen molar-refractivity contribution in [3.05, 3.63) is 57.6 Å². The Morgan fingerprint density at radius 2 is 2.15 bits per heavy atom. The predicted molar refractivity (Wildman–Crippen MR) is 109 cm³/mol. The Hall–Kier alpha value is -1.83. The number of carbonyl (C=O) groups excluding carboxylic acids is 1. The molecule has 0 aliphatic carbocycles. The second-order valence-electron chi connectivity index (χ2n) is 6.05. The molecule has 1 aromatic carbocycles. The lowest BCUT2D eigenvalue weighted by Gasteiger charge is -2.33. The van der Waals surface area contributed by atoms with Crippen molar-refractivity contribution in [3.63, 3.8) is 0 Å². The second-order valence-corrected chi connectivity index (χ2v) is 7.96. The molecule has 2 heterocycles. The van der Waals surface area contributed by atoms with Gasteiger partial charge in [-0.05, 0) is 43.2 Å². The number of nitrogens with two attached hydrogens (primary N) is 1.